The number of carbonyl (C=O) groups excluding carboxylic acids is 2. The number of β-lactam (4-membered cyclic amide) rings is 1. The molecule has 2 amide bonds. The number of oxime groups is 1. The predicted octanol–water partition coefficient (Wildman–Crippen LogP) is -0.871. The van der Waals surface area contributed by atoms with Crippen LogP contribution in [0.25, 0.3) is 0 Å². The molecule has 2 aliphatic heterocycles. The number of nitrogen functional groups attached to an aromatic ring is 1. The van der Waals surface area contributed by atoms with Gasteiger partial charge in [-0.25, -0.2) is 14.5 Å². The summed E-state index contributed by atoms with van der Waals surface area (Å²) in [4.78, 5) is 47.6. The number of aryl methyl sites for hydroxylation is 1. The predicted molar refractivity (Wildman–Crippen MR) is 119 cm³/mol. The van der Waals surface area contributed by atoms with Crippen molar-refractivity contribution in [3.05, 3.63) is 22.1 Å². The number of thioether (sulfide) groups is 2. The average molecular weight is 512 g/mol. The average Bonchev–Trinajstić information content (AvgIpc) is 3.40. The number of tetrazole rings is 1. The first-order chi connectivity index (χ1) is 15.8. The van der Waals surface area contributed by atoms with E-state index in [1.54, 1.807) is 12.5 Å². The quantitative estimate of drug-likeness (QED) is 0.172. The fourth-order valence-corrected chi connectivity index (χ4v) is 5.95. The van der Waals surface area contributed by atoms with Gasteiger partial charge in [-0.3, -0.25) is 9.59 Å². The number of fused-ring (bicyclic) bond motifs is 1. The third-order valence-corrected chi connectivity index (χ3v) is 7.67. The summed E-state index contributed by atoms with van der Waals surface area (Å²) in [6, 6.07) is -2.09. The minimum absolute atomic E-state index is 0.141. The van der Waals surface area contributed by atoms with Crippen molar-refractivity contribution in [2.45, 2.75) is 22.6 Å². The summed E-state index contributed by atoms with van der Waals surface area (Å²) >= 11 is 3.63. The van der Waals surface area contributed by atoms with Crippen molar-refractivity contribution in [2.75, 3.05) is 18.6 Å². The highest BCUT2D eigenvalue weighted by atomic mass is 32.2. The van der Waals surface area contributed by atoms with Crippen LogP contribution in [-0.2, 0) is 26.3 Å². The molecule has 0 unspecified atom stereocenters. The normalized spacial score (nSPS) is 22.3. The van der Waals surface area contributed by atoms with Gasteiger partial charge in [-0.2, -0.15) is 0 Å². The Kier molecular flexibility index (Phi) is 6.52. The van der Waals surface area contributed by atoms with Crippen molar-refractivity contribution in [1.82, 2.24) is 35.4 Å². The summed E-state index contributed by atoms with van der Waals surface area (Å²) in [5.41, 5.74) is 6.21. The van der Waals surface area contributed by atoms with E-state index >= 15 is 0 Å². The Morgan fingerprint density at radius 2 is 2.24 bits per heavy atom. The van der Waals surface area contributed by atoms with Gasteiger partial charge in [-0.1, -0.05) is 16.9 Å². The van der Waals surface area contributed by atoms with Crippen molar-refractivity contribution >= 4 is 63.5 Å². The molecule has 4 N–H and O–H groups in total. The molecule has 2 aromatic rings. The second-order valence-electron chi connectivity index (χ2n) is 6.72. The van der Waals surface area contributed by atoms with E-state index in [9.17, 15) is 19.5 Å². The monoisotopic (exact) mass is 511 g/mol. The van der Waals surface area contributed by atoms with Crippen molar-refractivity contribution in [3.63, 3.8) is 0 Å². The van der Waals surface area contributed by atoms with Crippen LogP contribution in [0.1, 0.15) is 5.69 Å². The standard InChI is InChI=1S/C16H17N9O5S3/c1-24-16(20-22-23-24)33-4-6-3-31-13-9(12(27)25(13)10(6)14(28)29)19-11(26)8(21-30-2)7-5-32-15(17)18-7/h3,5,9-10,13H,4H2,1-2H3,(H2,17,18)(H,19,26)(H,28,29)/b21-8-/t9-,10-,13-/m1/s1. The second-order valence-corrected chi connectivity index (χ2v) is 9.55. The van der Waals surface area contributed by atoms with Gasteiger partial charge in [0.05, 0.1) is 0 Å². The summed E-state index contributed by atoms with van der Waals surface area (Å²) in [7, 11) is 2.94. The van der Waals surface area contributed by atoms with Crippen LogP contribution in [0.3, 0.4) is 0 Å². The van der Waals surface area contributed by atoms with Gasteiger partial charge >= 0.3 is 5.97 Å². The summed E-state index contributed by atoms with van der Waals surface area (Å²) < 4.78 is 1.47. The lowest BCUT2D eigenvalue weighted by Gasteiger charge is -2.51. The molecule has 0 aromatic carbocycles. The molecule has 4 heterocycles. The first kappa shape index (κ1) is 23.0. The SMILES string of the molecule is CO/N=C(\C(=O)N[C@@H]1C(=O)N2[C@@H](C(=O)O)C(CSc3nnnn3C)=CS[C@H]12)c1csc(N)n1. The molecule has 14 nitrogen and oxygen atoms in total. The first-order valence-electron chi connectivity index (χ1n) is 9.19. The molecule has 33 heavy (non-hydrogen) atoms. The number of aliphatic carboxylic acids is 1. The molecule has 2 aromatic heterocycles. The molecule has 174 valence electrons. The zero-order valence-corrected chi connectivity index (χ0v) is 19.6. The highest BCUT2D eigenvalue weighted by Gasteiger charge is 2.56. The Hall–Kier alpha value is -3.18. The third-order valence-electron chi connectivity index (χ3n) is 4.70. The van der Waals surface area contributed by atoms with E-state index in [0.717, 1.165) is 11.3 Å². The van der Waals surface area contributed by atoms with Gasteiger partial charge in [-0.05, 0) is 21.4 Å². The van der Waals surface area contributed by atoms with E-state index in [0.29, 0.717) is 10.7 Å². The third kappa shape index (κ3) is 4.38. The van der Waals surface area contributed by atoms with Gasteiger partial charge in [0.1, 0.15) is 24.2 Å². The molecule has 0 radical (unpaired) electrons. The molecule has 2 aliphatic rings. The molecule has 4 rings (SSSR count). The molecule has 17 heteroatoms. The molecular weight excluding hydrogens is 494 g/mol. The number of amides is 2. The van der Waals surface area contributed by atoms with Crippen molar-refractivity contribution in [1.29, 1.82) is 0 Å². The number of carboxylic acid groups (broad SMARTS) is 1. The van der Waals surface area contributed by atoms with Crippen LogP contribution < -0.4 is 11.1 Å². The maximum absolute atomic E-state index is 12.9. The van der Waals surface area contributed by atoms with Crippen LogP contribution in [0, 0.1) is 0 Å². The number of hydrogen-bond donors (Lipinski definition) is 3. The number of carbonyl (C=O) groups is 3. The summed E-state index contributed by atoms with van der Waals surface area (Å²) in [6.07, 6.45) is 0. The van der Waals surface area contributed by atoms with Crippen LogP contribution in [0.5, 0.6) is 0 Å². The topological polar surface area (TPSA) is 191 Å². The number of anilines is 1. The minimum Gasteiger partial charge on any atom is -0.479 e. The Labute approximate surface area is 198 Å². The van der Waals surface area contributed by atoms with Crippen LogP contribution >= 0.6 is 34.9 Å². The summed E-state index contributed by atoms with van der Waals surface area (Å²) in [5.74, 6) is -2.09. The Bertz CT molecular complexity index is 1160. The number of thiazole rings is 1. The zero-order chi connectivity index (χ0) is 23.7. The first-order valence-corrected chi connectivity index (χ1v) is 12.0. The highest BCUT2D eigenvalue weighted by Crippen LogP contribution is 2.41. The van der Waals surface area contributed by atoms with E-state index in [2.05, 4.69) is 31.0 Å². The molecule has 0 bridgehead atoms. The van der Waals surface area contributed by atoms with Gasteiger partial charge < -0.3 is 25.9 Å². The lowest BCUT2D eigenvalue weighted by molar-refractivity contribution is -0.159. The number of rotatable bonds is 8. The minimum atomic E-state index is -1.17. The van der Waals surface area contributed by atoms with Crippen LogP contribution in [0.15, 0.2) is 26.7 Å². The summed E-state index contributed by atoms with van der Waals surface area (Å²) in [6.45, 7) is 0. The lowest BCUT2D eigenvalue weighted by Crippen LogP contribution is -2.74. The highest BCUT2D eigenvalue weighted by molar-refractivity contribution is 8.03. The largest absolute Gasteiger partial charge is 0.479 e. The van der Waals surface area contributed by atoms with E-state index < -0.39 is 35.2 Å². The Balaban J connectivity index is 1.48. The molecule has 0 spiro atoms. The maximum atomic E-state index is 12.9. The number of nitrogens with one attached hydrogen (secondary N) is 1. The fourth-order valence-electron chi connectivity index (χ4n) is 3.22. The summed E-state index contributed by atoms with van der Waals surface area (Å²) in [5, 5.41) is 30.6. The van der Waals surface area contributed by atoms with Crippen LogP contribution in [0.2, 0.25) is 0 Å². The lowest BCUT2D eigenvalue weighted by atomic mass is 9.98. The number of nitrogens with zero attached hydrogens (tertiary/aromatic N) is 7. The van der Waals surface area contributed by atoms with E-state index in [4.69, 9.17) is 10.6 Å². The second kappa shape index (κ2) is 9.36. The fraction of sp³-hybridized carbons (Fsp3) is 0.375. The van der Waals surface area contributed by atoms with E-state index in [-0.39, 0.29) is 22.3 Å². The Morgan fingerprint density at radius 1 is 1.45 bits per heavy atom. The van der Waals surface area contributed by atoms with Gasteiger partial charge in [0.15, 0.2) is 16.9 Å². The Morgan fingerprint density at radius 3 is 2.85 bits per heavy atom. The molecule has 1 saturated heterocycles. The van der Waals surface area contributed by atoms with Crippen molar-refractivity contribution in [2.24, 2.45) is 12.2 Å². The van der Waals surface area contributed by atoms with Crippen molar-refractivity contribution < 1.29 is 24.3 Å². The van der Waals surface area contributed by atoms with Crippen LogP contribution in [-0.4, -0.2) is 89.0 Å². The number of hydrogen-bond acceptors (Lipinski definition) is 13. The van der Waals surface area contributed by atoms with Crippen molar-refractivity contribution in [3.8, 4) is 0 Å². The molecule has 3 atom stereocenters. The maximum Gasteiger partial charge on any atom is 0.330 e. The molecule has 1 fully saturated rings. The van der Waals surface area contributed by atoms with Gasteiger partial charge in [-0.15, -0.1) is 28.2 Å². The van der Waals surface area contributed by atoms with E-state index in [1.807, 2.05) is 0 Å². The molecule has 0 aliphatic carbocycles. The number of nitrogens with two attached hydrogens (primary N) is 1. The molecular formula is C16H17N9O5S3. The smallest absolute Gasteiger partial charge is 0.330 e. The molecule has 0 saturated carbocycles. The van der Waals surface area contributed by atoms with Gasteiger partial charge in [0.2, 0.25) is 11.1 Å². The number of aromatic nitrogens is 5. The number of carboxylic acids is 1. The van der Waals surface area contributed by atoms with Gasteiger partial charge in [0.25, 0.3) is 5.91 Å². The van der Waals surface area contributed by atoms with Gasteiger partial charge in [0, 0.05) is 18.2 Å². The van der Waals surface area contributed by atoms with E-state index in [1.165, 1.54) is 45.6 Å². The zero-order valence-electron chi connectivity index (χ0n) is 17.1. The van der Waals surface area contributed by atoms with Crippen LogP contribution in [0.4, 0.5) is 5.13 Å².